The molecule has 0 saturated carbocycles. The van der Waals surface area contributed by atoms with Gasteiger partial charge in [-0.3, -0.25) is 4.79 Å². The van der Waals surface area contributed by atoms with Crippen LogP contribution in [0.3, 0.4) is 0 Å². The Morgan fingerprint density at radius 3 is 2.23 bits per heavy atom. The molecule has 0 N–H and O–H groups in total. The highest BCUT2D eigenvalue weighted by molar-refractivity contribution is 7.89. The summed E-state index contributed by atoms with van der Waals surface area (Å²) in [5.74, 6) is -0.178. The van der Waals surface area contributed by atoms with Gasteiger partial charge in [-0.15, -0.1) is 0 Å². The van der Waals surface area contributed by atoms with Crippen molar-refractivity contribution < 1.29 is 13.2 Å². The lowest BCUT2D eigenvalue weighted by Crippen LogP contribution is -2.42. The molecule has 0 aliphatic carbocycles. The van der Waals surface area contributed by atoms with Gasteiger partial charge in [-0.05, 0) is 74.9 Å². The lowest BCUT2D eigenvalue weighted by atomic mass is 9.93. The zero-order valence-electron chi connectivity index (χ0n) is 20.5. The maximum absolute atomic E-state index is 14.1. The first-order valence-corrected chi connectivity index (χ1v) is 14.7. The van der Waals surface area contributed by atoms with E-state index in [9.17, 15) is 13.2 Å². The number of amides is 1. The Bertz CT molecular complexity index is 1110. The van der Waals surface area contributed by atoms with Gasteiger partial charge in [0.1, 0.15) is 0 Å². The third-order valence-electron chi connectivity index (χ3n) is 7.88. The van der Waals surface area contributed by atoms with Crippen molar-refractivity contribution >= 4 is 15.9 Å². The van der Waals surface area contributed by atoms with Crippen molar-refractivity contribution in [1.29, 1.82) is 0 Å². The van der Waals surface area contributed by atoms with E-state index in [1.807, 2.05) is 12.1 Å². The number of carbonyl (C=O) groups is 1. The van der Waals surface area contributed by atoms with Gasteiger partial charge < -0.3 is 9.80 Å². The number of nitrogens with zero attached hydrogens (tertiary/aromatic N) is 3. The molecule has 2 aromatic carbocycles. The van der Waals surface area contributed by atoms with Crippen LogP contribution in [0.25, 0.3) is 0 Å². The van der Waals surface area contributed by atoms with E-state index in [0.717, 1.165) is 63.8 Å². The van der Waals surface area contributed by atoms with Gasteiger partial charge in [0.25, 0.3) is 0 Å². The van der Waals surface area contributed by atoms with Gasteiger partial charge in [0.15, 0.2) is 0 Å². The summed E-state index contributed by atoms with van der Waals surface area (Å²) in [6.07, 6.45) is 6.94. The van der Waals surface area contributed by atoms with Crippen molar-refractivity contribution in [3.63, 3.8) is 0 Å². The predicted molar refractivity (Wildman–Crippen MR) is 138 cm³/mol. The van der Waals surface area contributed by atoms with Crippen LogP contribution in [-0.4, -0.2) is 67.7 Å². The van der Waals surface area contributed by atoms with E-state index in [2.05, 4.69) is 34.1 Å². The summed E-state index contributed by atoms with van der Waals surface area (Å²) in [4.78, 5) is 19.0. The van der Waals surface area contributed by atoms with Crippen LogP contribution in [0.4, 0.5) is 0 Å². The second-order valence-corrected chi connectivity index (χ2v) is 12.1. The molecule has 5 rings (SSSR count). The van der Waals surface area contributed by atoms with Crippen LogP contribution in [0.15, 0.2) is 59.5 Å². The minimum Gasteiger partial charge on any atom is -0.334 e. The molecule has 188 valence electrons. The number of sulfonamides is 1. The minimum atomic E-state index is -3.51. The Hall–Kier alpha value is -2.22. The second-order valence-electron chi connectivity index (χ2n) is 10.2. The summed E-state index contributed by atoms with van der Waals surface area (Å²) in [5.41, 5.74) is 2.01. The topological polar surface area (TPSA) is 60.9 Å². The lowest BCUT2D eigenvalue weighted by molar-refractivity contribution is -0.135. The minimum absolute atomic E-state index is 0.0129. The molecule has 3 aliphatic rings. The van der Waals surface area contributed by atoms with Gasteiger partial charge >= 0.3 is 0 Å². The van der Waals surface area contributed by atoms with Gasteiger partial charge in [0.05, 0.1) is 16.9 Å². The Balaban J connectivity index is 1.44. The van der Waals surface area contributed by atoms with Gasteiger partial charge in [-0.25, -0.2) is 8.42 Å². The van der Waals surface area contributed by atoms with Crippen molar-refractivity contribution in [3.05, 3.63) is 65.7 Å². The maximum Gasteiger partial charge on any atom is 0.243 e. The third kappa shape index (κ3) is 5.32. The first kappa shape index (κ1) is 24.5. The first-order valence-electron chi connectivity index (χ1n) is 13.2. The molecule has 3 aliphatic heterocycles. The number of benzene rings is 2. The maximum atomic E-state index is 14.1. The van der Waals surface area contributed by atoms with E-state index >= 15 is 0 Å². The number of hydrogen-bond donors (Lipinski definition) is 0. The summed E-state index contributed by atoms with van der Waals surface area (Å²) in [7, 11) is -3.51. The highest BCUT2D eigenvalue weighted by Crippen LogP contribution is 2.35. The van der Waals surface area contributed by atoms with Crippen LogP contribution in [-0.2, 0) is 14.8 Å². The SMILES string of the molecule is O=C1[C@@H](c2cccc(S(=O)(=O)N3CCCC3)c2)CCCCN1[C@H](CN1CCCC1)c1ccccc1. The summed E-state index contributed by atoms with van der Waals surface area (Å²) < 4.78 is 28.0. The Morgan fingerprint density at radius 2 is 1.49 bits per heavy atom. The molecular formula is C28H37N3O3S. The van der Waals surface area contributed by atoms with Crippen LogP contribution >= 0.6 is 0 Å². The number of likely N-dealkylation sites (tertiary alicyclic amines) is 2. The molecule has 2 atom stereocenters. The molecule has 2 aromatic rings. The molecule has 6 nitrogen and oxygen atoms in total. The van der Waals surface area contributed by atoms with Crippen LogP contribution in [0.1, 0.15) is 68.0 Å². The molecule has 0 aromatic heterocycles. The van der Waals surface area contributed by atoms with E-state index in [0.29, 0.717) is 18.0 Å². The zero-order chi connectivity index (χ0) is 24.3. The Labute approximate surface area is 210 Å². The molecule has 35 heavy (non-hydrogen) atoms. The molecule has 0 unspecified atom stereocenters. The standard InChI is InChI=1S/C28H37N3O3S/c32-28-26(24-13-10-14-25(21-24)35(33,34)30-18-8-9-19-30)15-4-5-20-31(28)27(22-29-16-6-7-17-29)23-11-2-1-3-12-23/h1-3,10-14,21,26-27H,4-9,15-20,22H2/t26-,27-/m1/s1. The first-order chi connectivity index (χ1) is 17.0. The fourth-order valence-electron chi connectivity index (χ4n) is 5.92. The molecule has 3 heterocycles. The Kier molecular flexibility index (Phi) is 7.56. The van der Waals surface area contributed by atoms with Gasteiger partial charge in [-0.1, -0.05) is 48.9 Å². The number of carbonyl (C=O) groups excluding carboxylic acids is 1. The van der Waals surface area contributed by atoms with Gasteiger partial charge in [0, 0.05) is 26.2 Å². The zero-order valence-corrected chi connectivity index (χ0v) is 21.3. The lowest BCUT2D eigenvalue weighted by Gasteiger charge is -2.36. The molecule has 0 spiro atoms. The molecule has 1 amide bonds. The normalized spacial score (nSPS) is 23.5. The Morgan fingerprint density at radius 1 is 0.800 bits per heavy atom. The van der Waals surface area contributed by atoms with Crippen molar-refractivity contribution in [3.8, 4) is 0 Å². The summed E-state index contributed by atoms with van der Waals surface area (Å²) in [6, 6.07) is 17.6. The molecule has 0 radical (unpaired) electrons. The van der Waals surface area contributed by atoms with Crippen molar-refractivity contribution in [2.24, 2.45) is 0 Å². The van der Waals surface area contributed by atoms with Crippen LogP contribution in [0.5, 0.6) is 0 Å². The van der Waals surface area contributed by atoms with Crippen molar-refractivity contribution in [2.75, 3.05) is 39.3 Å². The molecule has 3 saturated heterocycles. The molecule has 3 fully saturated rings. The quantitative estimate of drug-likeness (QED) is 0.571. The monoisotopic (exact) mass is 495 g/mol. The second kappa shape index (κ2) is 10.8. The van der Waals surface area contributed by atoms with E-state index < -0.39 is 10.0 Å². The highest BCUT2D eigenvalue weighted by Gasteiger charge is 2.35. The van der Waals surface area contributed by atoms with E-state index in [4.69, 9.17) is 0 Å². The fourth-order valence-corrected chi connectivity index (χ4v) is 7.49. The van der Waals surface area contributed by atoms with E-state index in [-0.39, 0.29) is 17.9 Å². The third-order valence-corrected chi connectivity index (χ3v) is 9.77. The summed E-state index contributed by atoms with van der Waals surface area (Å²) >= 11 is 0. The highest BCUT2D eigenvalue weighted by atomic mass is 32.2. The number of rotatable bonds is 7. The fraction of sp³-hybridized carbons (Fsp3) is 0.536. The van der Waals surface area contributed by atoms with Crippen LogP contribution < -0.4 is 0 Å². The average Bonchev–Trinajstić information content (AvgIpc) is 3.58. The summed E-state index contributed by atoms with van der Waals surface area (Å²) in [6.45, 7) is 4.94. The van der Waals surface area contributed by atoms with Gasteiger partial charge in [0.2, 0.25) is 15.9 Å². The van der Waals surface area contributed by atoms with Gasteiger partial charge in [-0.2, -0.15) is 4.31 Å². The average molecular weight is 496 g/mol. The van der Waals surface area contributed by atoms with E-state index in [1.54, 1.807) is 22.5 Å². The predicted octanol–water partition coefficient (Wildman–Crippen LogP) is 4.40. The largest absolute Gasteiger partial charge is 0.334 e. The van der Waals surface area contributed by atoms with Crippen LogP contribution in [0.2, 0.25) is 0 Å². The van der Waals surface area contributed by atoms with E-state index in [1.165, 1.54) is 18.4 Å². The smallest absolute Gasteiger partial charge is 0.243 e. The molecular weight excluding hydrogens is 458 g/mol. The number of hydrogen-bond acceptors (Lipinski definition) is 4. The molecule has 0 bridgehead atoms. The van der Waals surface area contributed by atoms with Crippen molar-refractivity contribution in [1.82, 2.24) is 14.1 Å². The van der Waals surface area contributed by atoms with Crippen LogP contribution in [0, 0.1) is 0 Å². The van der Waals surface area contributed by atoms with Crippen molar-refractivity contribution in [2.45, 2.75) is 61.8 Å². The summed E-state index contributed by atoms with van der Waals surface area (Å²) in [5, 5.41) is 0. The molecule has 7 heteroatoms.